The summed E-state index contributed by atoms with van der Waals surface area (Å²) in [6, 6.07) is 7.95. The molecule has 3 N–H and O–H groups in total. The number of carbonyl (C=O) groups is 1. The van der Waals surface area contributed by atoms with Gasteiger partial charge in [-0.1, -0.05) is 0 Å². The van der Waals surface area contributed by atoms with Crippen molar-refractivity contribution >= 4 is 27.8 Å². The molecule has 1 aliphatic heterocycles. The van der Waals surface area contributed by atoms with Crippen molar-refractivity contribution in [2.45, 2.75) is 49.5 Å². The molecule has 182 valence electrons. The second kappa shape index (κ2) is 8.13. The third-order valence-electron chi connectivity index (χ3n) is 7.67. The largest absolute Gasteiger partial charge is 0.479 e. The number of rotatable bonds is 4. The van der Waals surface area contributed by atoms with Crippen molar-refractivity contribution in [3.05, 3.63) is 59.4 Å². The minimum absolute atomic E-state index is 0.00153. The maximum absolute atomic E-state index is 16.2. The first-order valence-corrected chi connectivity index (χ1v) is 11.9. The maximum Gasteiger partial charge on any atom is 0.335 e. The lowest BCUT2D eigenvalue weighted by molar-refractivity contribution is -0.157. The number of carboxylic acids is 1. The zero-order valence-corrected chi connectivity index (χ0v) is 18.9. The summed E-state index contributed by atoms with van der Waals surface area (Å²) in [5.41, 5.74) is 1.34. The standard InChI is InChI=1S/C26H25F2N3O4/c27-17-1-3-18(4-2-17)31-19-11-16-13-29-30-23(16)22(28)21(19)20(24(31)14-6-9-35-10-7-14)15-5-8-26(34,12-15)25(32)33/h1-4,11,13-15,34H,5-10,12H2,(H,29,30)(H,32,33)/t15-,26+/m1/s1. The first-order valence-electron chi connectivity index (χ1n) is 11.9. The van der Waals surface area contributed by atoms with E-state index in [0.717, 1.165) is 24.1 Å². The van der Waals surface area contributed by atoms with E-state index in [-0.39, 0.29) is 36.0 Å². The number of benzene rings is 2. The number of nitrogens with zero attached hydrogens (tertiary/aromatic N) is 2. The van der Waals surface area contributed by atoms with E-state index in [1.807, 2.05) is 10.6 Å². The molecule has 0 spiro atoms. The molecule has 2 aliphatic rings. The van der Waals surface area contributed by atoms with Gasteiger partial charge in [0.25, 0.3) is 0 Å². The summed E-state index contributed by atoms with van der Waals surface area (Å²) in [6.07, 6.45) is 3.52. The van der Waals surface area contributed by atoms with Gasteiger partial charge in [-0.2, -0.15) is 5.10 Å². The molecule has 4 aromatic rings. The molecule has 0 radical (unpaired) electrons. The molecule has 1 saturated carbocycles. The van der Waals surface area contributed by atoms with Crippen LogP contribution in [0.2, 0.25) is 0 Å². The Morgan fingerprint density at radius 1 is 1.14 bits per heavy atom. The molecule has 1 aliphatic carbocycles. The quantitative estimate of drug-likeness (QED) is 0.390. The summed E-state index contributed by atoms with van der Waals surface area (Å²) in [4.78, 5) is 11.8. The molecule has 2 fully saturated rings. The molecule has 3 heterocycles. The summed E-state index contributed by atoms with van der Waals surface area (Å²) in [5, 5.41) is 28.2. The van der Waals surface area contributed by atoms with Crippen LogP contribution in [0.4, 0.5) is 8.78 Å². The van der Waals surface area contributed by atoms with Crippen molar-refractivity contribution in [2.75, 3.05) is 13.2 Å². The van der Waals surface area contributed by atoms with Crippen molar-refractivity contribution in [1.29, 1.82) is 0 Å². The van der Waals surface area contributed by atoms with Crippen molar-refractivity contribution in [1.82, 2.24) is 14.8 Å². The molecule has 9 heteroatoms. The third kappa shape index (κ3) is 3.44. The van der Waals surface area contributed by atoms with Gasteiger partial charge >= 0.3 is 5.97 Å². The second-order valence-corrected chi connectivity index (χ2v) is 9.69. The van der Waals surface area contributed by atoms with Crippen molar-refractivity contribution in [3.8, 4) is 5.69 Å². The van der Waals surface area contributed by atoms with Crippen molar-refractivity contribution in [3.63, 3.8) is 0 Å². The second-order valence-electron chi connectivity index (χ2n) is 9.69. The number of ether oxygens (including phenoxy) is 1. The smallest absolute Gasteiger partial charge is 0.335 e. The van der Waals surface area contributed by atoms with Crippen LogP contribution in [0.3, 0.4) is 0 Å². The van der Waals surface area contributed by atoms with E-state index in [9.17, 15) is 19.4 Å². The Morgan fingerprint density at radius 2 is 1.89 bits per heavy atom. The van der Waals surface area contributed by atoms with Crippen LogP contribution < -0.4 is 0 Å². The molecule has 2 aromatic heterocycles. The Labute approximate surface area is 199 Å². The van der Waals surface area contributed by atoms with Gasteiger partial charge in [-0.25, -0.2) is 13.6 Å². The van der Waals surface area contributed by atoms with E-state index >= 15 is 4.39 Å². The zero-order chi connectivity index (χ0) is 24.3. The fraction of sp³-hybridized carbons (Fsp3) is 0.385. The average Bonchev–Trinajstić information content (AvgIpc) is 3.57. The van der Waals surface area contributed by atoms with E-state index in [0.29, 0.717) is 41.6 Å². The van der Waals surface area contributed by atoms with Crippen LogP contribution in [-0.2, 0) is 9.53 Å². The van der Waals surface area contributed by atoms with E-state index in [1.54, 1.807) is 18.3 Å². The first kappa shape index (κ1) is 22.2. The Bertz CT molecular complexity index is 1440. The highest BCUT2D eigenvalue weighted by Gasteiger charge is 2.46. The zero-order valence-electron chi connectivity index (χ0n) is 18.9. The minimum atomic E-state index is -1.85. The van der Waals surface area contributed by atoms with E-state index in [4.69, 9.17) is 4.74 Å². The molecule has 35 heavy (non-hydrogen) atoms. The molecule has 7 nitrogen and oxygen atoms in total. The molecule has 0 unspecified atom stereocenters. The Balaban J connectivity index is 1.69. The lowest BCUT2D eigenvalue weighted by atomic mass is 9.85. The first-order chi connectivity index (χ1) is 16.9. The van der Waals surface area contributed by atoms with Crippen molar-refractivity contribution < 1.29 is 28.5 Å². The number of fused-ring (bicyclic) bond motifs is 2. The van der Waals surface area contributed by atoms with E-state index < -0.39 is 17.4 Å². The molecule has 2 atom stereocenters. The third-order valence-corrected chi connectivity index (χ3v) is 7.67. The van der Waals surface area contributed by atoms with Crippen molar-refractivity contribution in [2.24, 2.45) is 0 Å². The average molecular weight is 481 g/mol. The van der Waals surface area contributed by atoms with Gasteiger partial charge in [0, 0.05) is 41.3 Å². The highest BCUT2D eigenvalue weighted by atomic mass is 19.1. The number of aliphatic carboxylic acids is 1. The normalized spacial score (nSPS) is 23.5. The molecule has 6 rings (SSSR count). The van der Waals surface area contributed by atoms with Gasteiger partial charge in [0.1, 0.15) is 11.3 Å². The molecule has 0 amide bonds. The number of aromatic nitrogens is 3. The lowest BCUT2D eigenvalue weighted by Gasteiger charge is -2.27. The summed E-state index contributed by atoms with van der Waals surface area (Å²) in [7, 11) is 0. The van der Waals surface area contributed by atoms with Gasteiger partial charge in [-0.15, -0.1) is 0 Å². The van der Waals surface area contributed by atoms with Gasteiger partial charge < -0.3 is 19.5 Å². The number of halogens is 2. The Morgan fingerprint density at radius 3 is 2.57 bits per heavy atom. The van der Waals surface area contributed by atoms with Crippen LogP contribution in [0.25, 0.3) is 27.5 Å². The van der Waals surface area contributed by atoms with Crippen LogP contribution in [0, 0.1) is 11.6 Å². The summed E-state index contributed by atoms with van der Waals surface area (Å²) in [6.45, 7) is 1.12. The van der Waals surface area contributed by atoms with Gasteiger partial charge in [-0.05, 0) is 73.9 Å². The highest BCUT2D eigenvalue weighted by Crippen LogP contribution is 2.50. The van der Waals surface area contributed by atoms with Gasteiger partial charge in [-0.3, -0.25) is 5.10 Å². The fourth-order valence-corrected chi connectivity index (χ4v) is 5.97. The summed E-state index contributed by atoms with van der Waals surface area (Å²) in [5.74, 6) is -2.40. The number of carboxylic acid groups (broad SMARTS) is 1. The monoisotopic (exact) mass is 481 g/mol. The van der Waals surface area contributed by atoms with Crippen LogP contribution >= 0.6 is 0 Å². The lowest BCUT2D eigenvalue weighted by Crippen LogP contribution is -2.35. The van der Waals surface area contributed by atoms with Gasteiger partial charge in [0.05, 0.1) is 11.7 Å². The van der Waals surface area contributed by atoms with Gasteiger partial charge in [0.15, 0.2) is 11.4 Å². The molecule has 0 bridgehead atoms. The predicted octanol–water partition coefficient (Wildman–Crippen LogP) is 4.76. The number of hydrogen-bond donors (Lipinski definition) is 3. The molecule has 1 saturated heterocycles. The topological polar surface area (TPSA) is 100 Å². The van der Waals surface area contributed by atoms with Crippen LogP contribution in [-0.4, -0.2) is 49.8 Å². The van der Waals surface area contributed by atoms with Crippen LogP contribution in [0.1, 0.15) is 55.2 Å². The Kier molecular flexibility index (Phi) is 5.16. The number of aliphatic hydroxyl groups is 1. The minimum Gasteiger partial charge on any atom is -0.479 e. The highest BCUT2D eigenvalue weighted by molar-refractivity contribution is 6.00. The van der Waals surface area contributed by atoms with E-state index in [1.165, 1.54) is 12.1 Å². The maximum atomic E-state index is 16.2. The number of aromatic amines is 1. The SMILES string of the molecule is O=C(O)[C@]1(O)CC[C@@H](c2c(C3CCOCC3)n(-c3ccc(F)cc3)c3cc4cn[nH]c4c(F)c23)C1. The Hall–Kier alpha value is -3.30. The predicted molar refractivity (Wildman–Crippen MR) is 125 cm³/mol. The summed E-state index contributed by atoms with van der Waals surface area (Å²) < 4.78 is 37.6. The van der Waals surface area contributed by atoms with Crippen LogP contribution in [0.15, 0.2) is 36.5 Å². The number of nitrogens with one attached hydrogen (secondary N) is 1. The van der Waals surface area contributed by atoms with Gasteiger partial charge in [0.2, 0.25) is 0 Å². The number of hydrogen-bond acceptors (Lipinski definition) is 4. The van der Waals surface area contributed by atoms with E-state index in [2.05, 4.69) is 10.2 Å². The fourth-order valence-electron chi connectivity index (χ4n) is 5.97. The summed E-state index contributed by atoms with van der Waals surface area (Å²) >= 11 is 0. The number of H-pyrrole nitrogens is 1. The molecule has 2 aromatic carbocycles. The molecular formula is C26H25F2N3O4. The molecular weight excluding hydrogens is 456 g/mol. The van der Waals surface area contributed by atoms with Crippen LogP contribution in [0.5, 0.6) is 0 Å².